The molecule has 2 heterocycles. The van der Waals surface area contributed by atoms with E-state index in [2.05, 4.69) is 69.3 Å². The Morgan fingerprint density at radius 1 is 0.830 bits per heavy atom. The van der Waals surface area contributed by atoms with Crippen LogP contribution in [0.4, 0.5) is 0 Å². The molecule has 1 aliphatic rings. The summed E-state index contributed by atoms with van der Waals surface area (Å²) in [5, 5.41) is 7.10. The predicted octanol–water partition coefficient (Wildman–Crippen LogP) is 8.33. The molecule has 242 valence electrons. The number of carbonyl (C=O) groups is 2. The van der Waals surface area contributed by atoms with Gasteiger partial charge in [-0.15, -0.1) is 0 Å². The van der Waals surface area contributed by atoms with Crippen LogP contribution in [0.1, 0.15) is 78.4 Å². The molecule has 47 heavy (non-hydrogen) atoms. The zero-order valence-electron chi connectivity index (χ0n) is 27.9. The number of hydrogen-bond donors (Lipinski definition) is 0. The number of amides is 2. The monoisotopic (exact) mass is 628 g/mol. The zero-order chi connectivity index (χ0) is 32.9. The van der Waals surface area contributed by atoms with Crippen molar-refractivity contribution in [3.8, 4) is 22.7 Å². The van der Waals surface area contributed by atoms with Crippen LogP contribution >= 0.6 is 0 Å². The van der Waals surface area contributed by atoms with E-state index < -0.39 is 0 Å². The van der Waals surface area contributed by atoms with Gasteiger partial charge in [-0.05, 0) is 77.4 Å². The second-order valence-electron chi connectivity index (χ2n) is 12.5. The number of carbonyl (C=O) groups excluding carboxylic acids is 2. The molecule has 6 rings (SSSR count). The van der Waals surface area contributed by atoms with E-state index in [9.17, 15) is 9.59 Å². The van der Waals surface area contributed by atoms with Crippen LogP contribution in [0.25, 0.3) is 27.6 Å². The number of nitrogens with zero attached hydrogens (tertiary/aromatic N) is 4. The highest BCUT2D eigenvalue weighted by molar-refractivity contribution is 6.00. The molecule has 1 aliphatic heterocycles. The predicted molar refractivity (Wildman–Crippen MR) is 188 cm³/mol. The van der Waals surface area contributed by atoms with Gasteiger partial charge in [0.15, 0.2) is 5.69 Å². The maximum Gasteiger partial charge on any atom is 0.274 e. The number of hydrogen-bond acceptors (Lipinski definition) is 4. The quantitative estimate of drug-likeness (QED) is 0.148. The van der Waals surface area contributed by atoms with Crippen molar-refractivity contribution in [2.75, 3.05) is 20.2 Å². The molecule has 0 spiro atoms. The Bertz CT molecular complexity index is 1890. The Kier molecular flexibility index (Phi) is 9.71. The van der Waals surface area contributed by atoms with Gasteiger partial charge < -0.3 is 14.5 Å². The van der Waals surface area contributed by atoms with Crippen LogP contribution in [0.15, 0.2) is 91.0 Å². The topological polar surface area (TPSA) is 67.7 Å². The van der Waals surface area contributed by atoms with Crippen LogP contribution in [-0.2, 0) is 13.0 Å². The Morgan fingerprint density at radius 2 is 1.49 bits per heavy atom. The molecule has 0 bridgehead atoms. The molecule has 0 saturated heterocycles. The summed E-state index contributed by atoms with van der Waals surface area (Å²) in [6.45, 7) is 8.25. The first-order chi connectivity index (χ1) is 22.9. The van der Waals surface area contributed by atoms with Crippen molar-refractivity contribution in [1.29, 1.82) is 0 Å². The highest BCUT2D eigenvalue weighted by Crippen LogP contribution is 2.32. The van der Waals surface area contributed by atoms with Crippen LogP contribution in [0.3, 0.4) is 0 Å². The van der Waals surface area contributed by atoms with Gasteiger partial charge in [-0.2, -0.15) is 9.78 Å². The van der Waals surface area contributed by atoms with E-state index in [0.717, 1.165) is 59.6 Å². The molecule has 4 aromatic carbocycles. The lowest BCUT2D eigenvalue weighted by Crippen LogP contribution is -2.43. The Morgan fingerprint density at radius 3 is 2.21 bits per heavy atom. The highest BCUT2D eigenvalue weighted by atomic mass is 16.5. The molecule has 7 nitrogen and oxygen atoms in total. The number of ether oxygens (including phenoxy) is 1. The fraction of sp³-hybridized carbons (Fsp3) is 0.325. The van der Waals surface area contributed by atoms with Crippen LogP contribution in [-0.4, -0.2) is 57.6 Å². The van der Waals surface area contributed by atoms with Crippen LogP contribution in [0.5, 0.6) is 5.88 Å². The molecular weight excluding hydrogens is 584 g/mol. The normalized spacial score (nSPS) is 14.2. The van der Waals surface area contributed by atoms with Crippen molar-refractivity contribution in [2.45, 2.75) is 65.5 Å². The van der Waals surface area contributed by atoms with Crippen molar-refractivity contribution >= 4 is 22.6 Å². The second-order valence-corrected chi connectivity index (χ2v) is 12.5. The lowest BCUT2D eigenvalue weighted by molar-refractivity contribution is 0.0657. The maximum absolute atomic E-state index is 14.7. The number of unbranched alkanes of at least 4 members (excludes halogenated alkanes) is 2. The molecule has 1 atom stereocenters. The zero-order valence-corrected chi connectivity index (χ0v) is 27.9. The van der Waals surface area contributed by atoms with E-state index in [0.29, 0.717) is 42.5 Å². The van der Waals surface area contributed by atoms with Crippen LogP contribution in [0.2, 0.25) is 0 Å². The summed E-state index contributed by atoms with van der Waals surface area (Å²) in [4.78, 5) is 32.3. The average Bonchev–Trinajstić information content (AvgIpc) is 3.55. The summed E-state index contributed by atoms with van der Waals surface area (Å²) >= 11 is 0. The number of benzene rings is 4. The van der Waals surface area contributed by atoms with Gasteiger partial charge in [0.2, 0.25) is 5.88 Å². The number of aromatic nitrogens is 2. The molecule has 2 amide bonds. The van der Waals surface area contributed by atoms with Gasteiger partial charge in [-0.1, -0.05) is 93.4 Å². The summed E-state index contributed by atoms with van der Waals surface area (Å²) in [7, 11) is 1.57. The van der Waals surface area contributed by atoms with E-state index in [1.54, 1.807) is 17.9 Å². The molecule has 0 N–H and O–H groups in total. The lowest BCUT2D eigenvalue weighted by Gasteiger charge is -2.35. The molecule has 0 aliphatic carbocycles. The first kappa shape index (κ1) is 32.0. The average molecular weight is 629 g/mol. The van der Waals surface area contributed by atoms with Crippen LogP contribution in [0, 0.1) is 0 Å². The van der Waals surface area contributed by atoms with Gasteiger partial charge in [0, 0.05) is 31.7 Å². The molecule has 7 heteroatoms. The van der Waals surface area contributed by atoms with Gasteiger partial charge in [0.25, 0.3) is 11.8 Å². The molecule has 1 aromatic heterocycles. The molecule has 1 unspecified atom stereocenters. The van der Waals surface area contributed by atoms with E-state index >= 15 is 0 Å². The number of methoxy groups -OCH3 is 1. The van der Waals surface area contributed by atoms with Crippen molar-refractivity contribution in [1.82, 2.24) is 19.6 Å². The van der Waals surface area contributed by atoms with E-state index in [-0.39, 0.29) is 17.9 Å². The minimum absolute atomic E-state index is 0.0110. The fourth-order valence-electron chi connectivity index (χ4n) is 6.51. The Hall–Kier alpha value is -4.91. The third-order valence-corrected chi connectivity index (χ3v) is 9.26. The molecule has 0 fully saturated rings. The Balaban J connectivity index is 1.44. The maximum atomic E-state index is 14.7. The lowest BCUT2D eigenvalue weighted by atomic mass is 9.93. The summed E-state index contributed by atoms with van der Waals surface area (Å²) in [6.07, 6.45) is 4.65. The third kappa shape index (κ3) is 6.66. The Labute approximate surface area is 277 Å². The van der Waals surface area contributed by atoms with Crippen molar-refractivity contribution in [3.05, 3.63) is 113 Å². The first-order valence-corrected chi connectivity index (χ1v) is 16.9. The number of fused-ring (bicyclic) bond motifs is 2. The smallest absolute Gasteiger partial charge is 0.274 e. The number of rotatable bonds is 11. The van der Waals surface area contributed by atoms with Gasteiger partial charge in [-0.25, -0.2) is 0 Å². The van der Waals surface area contributed by atoms with Crippen LogP contribution < -0.4 is 4.74 Å². The van der Waals surface area contributed by atoms with Gasteiger partial charge in [-0.3, -0.25) is 9.59 Å². The van der Waals surface area contributed by atoms with E-state index in [1.807, 2.05) is 46.2 Å². The minimum Gasteiger partial charge on any atom is -0.481 e. The summed E-state index contributed by atoms with van der Waals surface area (Å²) in [5.41, 5.74) is 5.79. The van der Waals surface area contributed by atoms with Crippen molar-refractivity contribution in [3.63, 3.8) is 0 Å². The fourth-order valence-corrected chi connectivity index (χ4v) is 6.51. The summed E-state index contributed by atoms with van der Waals surface area (Å²) in [6, 6.07) is 30.6. The molecule has 5 aromatic rings. The van der Waals surface area contributed by atoms with Gasteiger partial charge >= 0.3 is 0 Å². The standard InChI is InChI=1S/C40H44N4O3/c1-5-7-21-42(22-8-6-2)40(46)36-26-38(47-4)44(41-36)37-20-19-33(32-18-17-29-13-9-10-15-31(29)24-32)25-35(37)39(45)43-27-34-16-12-11-14-30(34)23-28(43)3/h9-20,24-26,28H,5-8,21-23,27H2,1-4H3. The van der Waals surface area contributed by atoms with E-state index in [4.69, 9.17) is 9.84 Å². The minimum atomic E-state index is -0.120. The van der Waals surface area contributed by atoms with E-state index in [1.165, 1.54) is 5.56 Å². The van der Waals surface area contributed by atoms with Gasteiger partial charge in [0.05, 0.1) is 18.4 Å². The highest BCUT2D eigenvalue weighted by Gasteiger charge is 2.31. The molecular formula is C40H44N4O3. The summed E-state index contributed by atoms with van der Waals surface area (Å²) < 4.78 is 7.40. The first-order valence-electron chi connectivity index (χ1n) is 16.9. The SMILES string of the molecule is CCCCN(CCCC)C(=O)c1cc(OC)n(-c2ccc(-c3ccc4ccccc4c3)cc2C(=O)N2Cc3ccccc3CC2C)n1. The van der Waals surface area contributed by atoms with Gasteiger partial charge in [0.1, 0.15) is 0 Å². The third-order valence-electron chi connectivity index (χ3n) is 9.26. The van der Waals surface area contributed by atoms with Crippen molar-refractivity contribution < 1.29 is 14.3 Å². The molecule has 0 radical (unpaired) electrons. The van der Waals surface area contributed by atoms with Crippen molar-refractivity contribution in [2.24, 2.45) is 0 Å². The summed E-state index contributed by atoms with van der Waals surface area (Å²) in [5.74, 6) is 0.206. The largest absolute Gasteiger partial charge is 0.481 e. The molecule has 0 saturated carbocycles. The second kappa shape index (κ2) is 14.2.